The van der Waals surface area contributed by atoms with E-state index in [2.05, 4.69) is 68.8 Å². The van der Waals surface area contributed by atoms with E-state index in [1.165, 1.54) is 27.7 Å². The molecule has 0 aliphatic carbocycles. The second kappa shape index (κ2) is 6.89. The summed E-state index contributed by atoms with van der Waals surface area (Å²) in [6.07, 6.45) is 0. The van der Waals surface area contributed by atoms with E-state index < -0.39 is 0 Å². The van der Waals surface area contributed by atoms with Gasteiger partial charge in [-0.1, -0.05) is 58.0 Å². The lowest BCUT2D eigenvalue weighted by Gasteiger charge is -2.15. The van der Waals surface area contributed by atoms with Gasteiger partial charge < -0.3 is 0 Å². The lowest BCUT2D eigenvalue weighted by atomic mass is 9.81. The van der Waals surface area contributed by atoms with E-state index in [-0.39, 0.29) is 5.41 Å². The second-order valence-electron chi connectivity index (χ2n) is 5.45. The first-order valence-corrected chi connectivity index (χ1v) is 8.13. The average Bonchev–Trinajstić information content (AvgIpc) is 2.72. The van der Waals surface area contributed by atoms with Gasteiger partial charge >= 0.3 is 0 Å². The third-order valence-electron chi connectivity index (χ3n) is 4.32. The van der Waals surface area contributed by atoms with E-state index in [4.69, 9.17) is 0 Å². The van der Waals surface area contributed by atoms with Crippen molar-refractivity contribution >= 4 is 22.2 Å². The summed E-state index contributed by atoms with van der Waals surface area (Å²) in [6.45, 7) is 14.8. The lowest BCUT2D eigenvalue weighted by Crippen LogP contribution is -2.25. The van der Waals surface area contributed by atoms with Crippen LogP contribution in [-0.4, -0.2) is 17.3 Å². The maximum atomic E-state index is 2.34. The fourth-order valence-corrected chi connectivity index (χ4v) is 2.90. The van der Waals surface area contributed by atoms with E-state index in [0.717, 1.165) is 0 Å². The molecule has 0 fully saturated rings. The van der Waals surface area contributed by atoms with Gasteiger partial charge in [0, 0.05) is 12.5 Å². The van der Waals surface area contributed by atoms with Crippen LogP contribution in [-0.2, 0) is 5.41 Å². The first kappa shape index (κ1) is 17.4. The summed E-state index contributed by atoms with van der Waals surface area (Å²) in [5, 5.41) is 2.68. The van der Waals surface area contributed by atoms with Crippen molar-refractivity contribution in [3.63, 3.8) is 0 Å². The average molecular weight is 284 g/mol. The second-order valence-corrected chi connectivity index (χ2v) is 5.45. The van der Waals surface area contributed by atoms with Crippen molar-refractivity contribution in [3.05, 3.63) is 42.0 Å². The highest BCUT2D eigenvalue weighted by Crippen LogP contribution is 2.42. The molecule has 0 atom stereocenters. The zero-order valence-electron chi connectivity index (χ0n) is 14.9. The van der Waals surface area contributed by atoms with Crippen molar-refractivity contribution in [1.82, 2.24) is 0 Å². The van der Waals surface area contributed by atoms with Crippen molar-refractivity contribution in [2.45, 2.75) is 53.9 Å². The molecule has 0 spiro atoms. The Labute approximate surface area is 130 Å². The van der Waals surface area contributed by atoms with Crippen LogP contribution in [0.15, 0.2) is 36.4 Å². The van der Waals surface area contributed by atoms with Crippen molar-refractivity contribution in [1.29, 1.82) is 0 Å². The summed E-state index contributed by atoms with van der Waals surface area (Å²) >= 11 is 0. The van der Waals surface area contributed by atoms with E-state index in [0.29, 0.717) is 0 Å². The molecule has 2 aromatic carbocycles. The van der Waals surface area contributed by atoms with Gasteiger partial charge in [0.2, 0.25) is 5.69 Å². The van der Waals surface area contributed by atoms with E-state index in [1.807, 2.05) is 27.7 Å². The van der Waals surface area contributed by atoms with Crippen LogP contribution >= 0.6 is 0 Å². The van der Waals surface area contributed by atoms with E-state index in [9.17, 15) is 0 Å². The topological polar surface area (TPSA) is 3.01 Å². The van der Waals surface area contributed by atoms with Gasteiger partial charge in [-0.3, -0.25) is 0 Å². The third kappa shape index (κ3) is 2.74. The Bertz CT molecular complexity index is 648. The van der Waals surface area contributed by atoms with Gasteiger partial charge in [0.25, 0.3) is 0 Å². The molecule has 0 saturated carbocycles. The monoisotopic (exact) mass is 284 g/mol. The molecule has 0 saturated heterocycles. The zero-order chi connectivity index (χ0) is 16.2. The summed E-state index contributed by atoms with van der Waals surface area (Å²) in [4.78, 5) is 0. The largest absolute Gasteiger partial charge is 0.217 e. The predicted octanol–water partition coefficient (Wildman–Crippen LogP) is 5.92. The van der Waals surface area contributed by atoms with Gasteiger partial charge in [-0.2, -0.15) is 0 Å². The van der Waals surface area contributed by atoms with Gasteiger partial charge in [0.15, 0.2) is 5.71 Å². The molecule has 1 nitrogen and oxygen atoms in total. The molecule has 21 heavy (non-hydrogen) atoms. The molecule has 2 aromatic rings. The molecule has 0 radical (unpaired) electrons. The Kier molecular flexibility index (Phi) is 5.71. The Hall–Kier alpha value is -1.63. The molecule has 0 unspecified atom stereocenters. The van der Waals surface area contributed by atoms with Crippen molar-refractivity contribution < 1.29 is 4.58 Å². The fourth-order valence-electron chi connectivity index (χ4n) is 2.90. The number of benzene rings is 2. The Morgan fingerprint density at radius 3 is 2.05 bits per heavy atom. The van der Waals surface area contributed by atoms with Gasteiger partial charge in [-0.15, -0.1) is 0 Å². The van der Waals surface area contributed by atoms with Crippen molar-refractivity contribution in [2.24, 2.45) is 0 Å². The van der Waals surface area contributed by atoms with E-state index in [1.54, 1.807) is 0 Å². The van der Waals surface area contributed by atoms with Crippen LogP contribution in [0.5, 0.6) is 0 Å². The molecule has 1 aliphatic heterocycles. The molecule has 0 N–H and O–H groups in total. The maximum Gasteiger partial charge on any atom is 0.217 e. The van der Waals surface area contributed by atoms with Crippen LogP contribution in [0.25, 0.3) is 10.8 Å². The molecule has 0 bridgehead atoms. The van der Waals surface area contributed by atoms with E-state index >= 15 is 0 Å². The smallest absolute Gasteiger partial charge is 0.201 e. The van der Waals surface area contributed by atoms with Gasteiger partial charge in [0.1, 0.15) is 7.05 Å². The van der Waals surface area contributed by atoms with Crippen LogP contribution in [0.3, 0.4) is 0 Å². The molecule has 3 rings (SSSR count). The molecule has 0 amide bonds. The highest BCUT2D eigenvalue weighted by molar-refractivity contribution is 6.01. The highest BCUT2D eigenvalue weighted by Gasteiger charge is 2.42. The molecule has 1 heterocycles. The molecule has 0 aromatic heterocycles. The Morgan fingerprint density at radius 1 is 0.857 bits per heavy atom. The standard InChI is InChI=1S/C16H18N.2C2H6/c1-11-16(2,3)14-10-9-12-7-5-6-8-13(12)15(14)17(11)4;2*1-2/h5-10H,1-4H3;2*1-2H3/q+1;;. The summed E-state index contributed by atoms with van der Waals surface area (Å²) in [5.74, 6) is 0. The minimum absolute atomic E-state index is 0.147. The van der Waals surface area contributed by atoms with Crippen LogP contribution in [0, 0.1) is 0 Å². The first-order valence-electron chi connectivity index (χ1n) is 8.13. The molecule has 1 heteroatoms. The minimum Gasteiger partial charge on any atom is -0.201 e. The number of nitrogens with zero attached hydrogens (tertiary/aromatic N) is 1. The quantitative estimate of drug-likeness (QED) is 0.528. The number of rotatable bonds is 0. The molecule has 114 valence electrons. The Morgan fingerprint density at radius 2 is 1.43 bits per heavy atom. The van der Waals surface area contributed by atoms with Crippen LogP contribution in [0.1, 0.15) is 54.0 Å². The predicted molar refractivity (Wildman–Crippen MR) is 96.2 cm³/mol. The molecule has 1 aliphatic rings. The maximum absolute atomic E-state index is 2.34. The number of fused-ring (bicyclic) bond motifs is 3. The zero-order valence-corrected chi connectivity index (χ0v) is 14.9. The SMILES string of the molecule is CC.CC.CC1=[N+](C)c2c(ccc3ccccc23)C1(C)C. The summed E-state index contributed by atoms with van der Waals surface area (Å²) < 4.78 is 2.34. The number of hydrogen-bond acceptors (Lipinski definition) is 0. The summed E-state index contributed by atoms with van der Waals surface area (Å²) in [6, 6.07) is 13.2. The van der Waals surface area contributed by atoms with Crippen molar-refractivity contribution in [2.75, 3.05) is 7.05 Å². The van der Waals surface area contributed by atoms with Crippen LogP contribution in [0.2, 0.25) is 0 Å². The Balaban J connectivity index is 0.000000510. The summed E-state index contributed by atoms with van der Waals surface area (Å²) in [5.41, 5.74) is 4.39. The lowest BCUT2D eigenvalue weighted by molar-refractivity contribution is -0.401. The number of hydrogen-bond donors (Lipinski definition) is 0. The third-order valence-corrected chi connectivity index (χ3v) is 4.32. The van der Waals surface area contributed by atoms with Crippen LogP contribution < -0.4 is 0 Å². The van der Waals surface area contributed by atoms with Gasteiger partial charge in [0.05, 0.1) is 10.8 Å². The minimum atomic E-state index is 0.147. The van der Waals surface area contributed by atoms with Gasteiger partial charge in [-0.05, 0) is 25.3 Å². The molecular weight excluding hydrogens is 254 g/mol. The van der Waals surface area contributed by atoms with Gasteiger partial charge in [-0.25, -0.2) is 4.58 Å². The van der Waals surface area contributed by atoms with Crippen LogP contribution in [0.4, 0.5) is 5.69 Å². The highest BCUT2D eigenvalue weighted by atomic mass is 15.0. The molecular formula is C20H30N+. The first-order chi connectivity index (χ1) is 10.0. The summed E-state index contributed by atoms with van der Waals surface area (Å²) in [7, 11) is 2.18. The normalized spacial score (nSPS) is 14.9. The fraction of sp³-hybridized carbons (Fsp3) is 0.450. The van der Waals surface area contributed by atoms with Crippen molar-refractivity contribution in [3.8, 4) is 0 Å².